The molecule has 2 heteroatoms. The second-order valence-corrected chi connectivity index (χ2v) is 5.48. The fourth-order valence-corrected chi connectivity index (χ4v) is 2.63. The highest BCUT2D eigenvalue weighted by Gasteiger charge is 2.32. The lowest BCUT2D eigenvalue weighted by Gasteiger charge is -2.26. The van der Waals surface area contributed by atoms with E-state index in [1.165, 1.54) is 51.9 Å². The Balaban J connectivity index is 1.77. The zero-order valence-electron chi connectivity index (χ0n) is 10.3. The van der Waals surface area contributed by atoms with Crippen molar-refractivity contribution in [3.8, 4) is 0 Å². The molecule has 2 aliphatic rings. The Morgan fingerprint density at radius 1 is 1.27 bits per heavy atom. The van der Waals surface area contributed by atoms with Gasteiger partial charge in [-0.15, -0.1) is 0 Å². The highest BCUT2D eigenvalue weighted by Crippen LogP contribution is 2.29. The van der Waals surface area contributed by atoms with Crippen LogP contribution in [-0.2, 0) is 0 Å². The van der Waals surface area contributed by atoms with Gasteiger partial charge in [-0.2, -0.15) is 0 Å². The van der Waals surface area contributed by atoms with Gasteiger partial charge in [-0.25, -0.2) is 0 Å². The van der Waals surface area contributed by atoms with Crippen LogP contribution in [0.25, 0.3) is 0 Å². The van der Waals surface area contributed by atoms with E-state index in [1.807, 2.05) is 0 Å². The van der Waals surface area contributed by atoms with Gasteiger partial charge in [0.2, 0.25) is 0 Å². The average molecular weight is 210 g/mol. The fraction of sp³-hybridized carbons (Fsp3) is 1.00. The number of hydrogen-bond donors (Lipinski definition) is 1. The number of hydrogen-bond acceptors (Lipinski definition) is 2. The van der Waals surface area contributed by atoms with Crippen LogP contribution in [0.3, 0.4) is 0 Å². The first kappa shape index (κ1) is 11.4. The Labute approximate surface area is 94.4 Å². The molecular weight excluding hydrogens is 184 g/mol. The lowest BCUT2D eigenvalue weighted by molar-refractivity contribution is 0.206. The van der Waals surface area contributed by atoms with Gasteiger partial charge in [0, 0.05) is 12.6 Å². The molecule has 0 radical (unpaired) electrons. The molecule has 15 heavy (non-hydrogen) atoms. The number of rotatable bonds is 6. The van der Waals surface area contributed by atoms with E-state index >= 15 is 0 Å². The second-order valence-electron chi connectivity index (χ2n) is 5.48. The van der Waals surface area contributed by atoms with Crippen molar-refractivity contribution in [3.05, 3.63) is 0 Å². The number of unbranched alkanes of at least 4 members (excludes halogenated alkanes) is 1. The first-order chi connectivity index (χ1) is 7.31. The van der Waals surface area contributed by atoms with Gasteiger partial charge in [-0.1, -0.05) is 20.3 Å². The van der Waals surface area contributed by atoms with Gasteiger partial charge >= 0.3 is 0 Å². The monoisotopic (exact) mass is 210 g/mol. The Bertz CT molecular complexity index is 189. The first-order valence-electron chi connectivity index (χ1n) is 6.76. The highest BCUT2D eigenvalue weighted by atomic mass is 15.2. The third-order valence-electron chi connectivity index (χ3n) is 4.01. The van der Waals surface area contributed by atoms with E-state index in [0.29, 0.717) is 0 Å². The molecule has 0 aromatic carbocycles. The van der Waals surface area contributed by atoms with Gasteiger partial charge in [-0.3, -0.25) is 0 Å². The Kier molecular flexibility index (Phi) is 4.04. The van der Waals surface area contributed by atoms with Crippen LogP contribution in [-0.4, -0.2) is 37.1 Å². The van der Waals surface area contributed by atoms with E-state index in [9.17, 15) is 0 Å². The summed E-state index contributed by atoms with van der Waals surface area (Å²) in [5.74, 6) is 1.79. The molecule has 2 nitrogen and oxygen atoms in total. The van der Waals surface area contributed by atoms with Gasteiger partial charge in [0.15, 0.2) is 0 Å². The standard InChI is InChI=1S/C13H26N2/c1-3-4-7-15(13-5-6-13)10-12-9-14-8-11(12)2/h11-14H,3-10H2,1-2H3/t11-,12+/m1/s1. The molecule has 0 aromatic heterocycles. The molecule has 1 aliphatic heterocycles. The van der Waals surface area contributed by atoms with Crippen LogP contribution < -0.4 is 5.32 Å². The zero-order valence-corrected chi connectivity index (χ0v) is 10.3. The van der Waals surface area contributed by atoms with E-state index in [4.69, 9.17) is 0 Å². The number of nitrogens with one attached hydrogen (secondary N) is 1. The van der Waals surface area contributed by atoms with E-state index in [-0.39, 0.29) is 0 Å². The molecule has 1 heterocycles. The van der Waals surface area contributed by atoms with E-state index in [0.717, 1.165) is 17.9 Å². The molecule has 88 valence electrons. The molecule has 1 saturated carbocycles. The highest BCUT2D eigenvalue weighted by molar-refractivity contribution is 4.88. The molecular formula is C13H26N2. The molecule has 0 bridgehead atoms. The van der Waals surface area contributed by atoms with Crippen molar-refractivity contribution in [3.63, 3.8) is 0 Å². The largest absolute Gasteiger partial charge is 0.316 e. The van der Waals surface area contributed by atoms with Crippen LogP contribution in [0, 0.1) is 11.8 Å². The molecule has 1 saturated heterocycles. The molecule has 0 amide bonds. The summed E-state index contributed by atoms with van der Waals surface area (Å²) in [5, 5.41) is 3.52. The minimum Gasteiger partial charge on any atom is -0.316 e. The van der Waals surface area contributed by atoms with Crippen molar-refractivity contribution >= 4 is 0 Å². The molecule has 0 unspecified atom stereocenters. The van der Waals surface area contributed by atoms with Crippen LogP contribution in [0.15, 0.2) is 0 Å². The topological polar surface area (TPSA) is 15.3 Å². The van der Waals surface area contributed by atoms with Crippen LogP contribution in [0.4, 0.5) is 0 Å². The average Bonchev–Trinajstić information content (AvgIpc) is 2.99. The van der Waals surface area contributed by atoms with E-state index in [1.54, 1.807) is 0 Å². The molecule has 2 fully saturated rings. The second kappa shape index (κ2) is 5.31. The van der Waals surface area contributed by atoms with Gasteiger partial charge in [-0.05, 0) is 50.7 Å². The van der Waals surface area contributed by atoms with Crippen LogP contribution in [0.1, 0.15) is 39.5 Å². The maximum Gasteiger partial charge on any atom is 0.00965 e. The summed E-state index contributed by atoms with van der Waals surface area (Å²) in [6.45, 7) is 9.86. The fourth-order valence-electron chi connectivity index (χ4n) is 2.63. The Hall–Kier alpha value is -0.0800. The minimum absolute atomic E-state index is 0.882. The summed E-state index contributed by atoms with van der Waals surface area (Å²) in [5.41, 5.74) is 0. The predicted octanol–water partition coefficient (Wildman–Crippen LogP) is 2.11. The van der Waals surface area contributed by atoms with Crippen molar-refractivity contribution < 1.29 is 0 Å². The molecule has 1 aliphatic carbocycles. The quantitative estimate of drug-likeness (QED) is 0.722. The molecule has 0 aromatic rings. The summed E-state index contributed by atoms with van der Waals surface area (Å²) < 4.78 is 0. The van der Waals surface area contributed by atoms with E-state index < -0.39 is 0 Å². The zero-order chi connectivity index (χ0) is 10.7. The first-order valence-corrected chi connectivity index (χ1v) is 6.76. The summed E-state index contributed by atoms with van der Waals surface area (Å²) in [6.07, 6.45) is 5.63. The van der Waals surface area contributed by atoms with Crippen molar-refractivity contribution in [2.24, 2.45) is 11.8 Å². The molecule has 0 spiro atoms. The van der Waals surface area contributed by atoms with Gasteiger partial charge in [0.25, 0.3) is 0 Å². The minimum atomic E-state index is 0.882. The van der Waals surface area contributed by atoms with Crippen molar-refractivity contribution in [2.45, 2.75) is 45.6 Å². The summed E-state index contributed by atoms with van der Waals surface area (Å²) >= 11 is 0. The van der Waals surface area contributed by atoms with Crippen LogP contribution >= 0.6 is 0 Å². The van der Waals surface area contributed by atoms with Gasteiger partial charge in [0.1, 0.15) is 0 Å². The predicted molar refractivity (Wildman–Crippen MR) is 65.0 cm³/mol. The molecule has 2 atom stereocenters. The van der Waals surface area contributed by atoms with Crippen molar-refractivity contribution in [1.29, 1.82) is 0 Å². The Morgan fingerprint density at radius 3 is 2.60 bits per heavy atom. The third-order valence-corrected chi connectivity index (χ3v) is 4.01. The SMILES string of the molecule is CCCCN(C[C@@H]1CNC[C@H]1C)C1CC1. The van der Waals surface area contributed by atoms with Crippen molar-refractivity contribution in [1.82, 2.24) is 10.2 Å². The normalized spacial score (nSPS) is 31.4. The number of nitrogens with zero attached hydrogens (tertiary/aromatic N) is 1. The van der Waals surface area contributed by atoms with Crippen LogP contribution in [0.2, 0.25) is 0 Å². The third kappa shape index (κ3) is 3.18. The van der Waals surface area contributed by atoms with Crippen molar-refractivity contribution in [2.75, 3.05) is 26.2 Å². The Morgan fingerprint density at radius 2 is 2.07 bits per heavy atom. The maximum absolute atomic E-state index is 3.52. The lowest BCUT2D eigenvalue weighted by Crippen LogP contribution is -2.34. The maximum atomic E-state index is 3.52. The van der Waals surface area contributed by atoms with Gasteiger partial charge < -0.3 is 10.2 Å². The lowest BCUT2D eigenvalue weighted by atomic mass is 9.97. The summed E-state index contributed by atoms with van der Waals surface area (Å²) in [6, 6.07) is 0.948. The molecule has 1 N–H and O–H groups in total. The molecule has 2 rings (SSSR count). The van der Waals surface area contributed by atoms with E-state index in [2.05, 4.69) is 24.1 Å². The smallest absolute Gasteiger partial charge is 0.00965 e. The van der Waals surface area contributed by atoms with Gasteiger partial charge in [0.05, 0.1) is 0 Å². The van der Waals surface area contributed by atoms with Crippen LogP contribution in [0.5, 0.6) is 0 Å². The summed E-state index contributed by atoms with van der Waals surface area (Å²) in [4.78, 5) is 2.76. The summed E-state index contributed by atoms with van der Waals surface area (Å²) in [7, 11) is 0.